The fourth-order valence-electron chi connectivity index (χ4n) is 1.21. The van der Waals surface area contributed by atoms with Crippen LogP contribution < -0.4 is 0 Å². The van der Waals surface area contributed by atoms with Gasteiger partial charge < -0.3 is 0 Å². The standard InChI is InChI=1S/C10H7F7/c1-5(11)6-2-7(9(12,13)14)4-8(3-6)10(15,16)17/h2-5H,1H3. The van der Waals surface area contributed by atoms with Gasteiger partial charge in [0.15, 0.2) is 0 Å². The Bertz CT molecular complexity index is 368. The number of halogens is 7. The van der Waals surface area contributed by atoms with Gasteiger partial charge in [0.25, 0.3) is 0 Å². The van der Waals surface area contributed by atoms with Crippen molar-refractivity contribution in [1.29, 1.82) is 0 Å². The monoisotopic (exact) mass is 260 g/mol. The van der Waals surface area contributed by atoms with E-state index < -0.39 is 35.2 Å². The summed E-state index contributed by atoms with van der Waals surface area (Å²) in [6, 6.07) is 0.714. The van der Waals surface area contributed by atoms with Crippen LogP contribution in [0.25, 0.3) is 0 Å². The molecule has 1 unspecified atom stereocenters. The Morgan fingerprint density at radius 1 is 0.824 bits per heavy atom. The summed E-state index contributed by atoms with van der Waals surface area (Å²) < 4.78 is 86.7. The first-order valence-corrected chi connectivity index (χ1v) is 4.45. The van der Waals surface area contributed by atoms with Gasteiger partial charge in [-0.1, -0.05) is 0 Å². The summed E-state index contributed by atoms with van der Waals surface area (Å²) in [6.07, 6.45) is -11.8. The molecule has 0 amide bonds. The lowest BCUT2D eigenvalue weighted by molar-refractivity contribution is -0.143. The smallest absolute Gasteiger partial charge is 0.243 e. The molecular weight excluding hydrogens is 253 g/mol. The van der Waals surface area contributed by atoms with Gasteiger partial charge in [0.1, 0.15) is 6.17 Å². The Labute approximate surface area is 92.0 Å². The predicted octanol–water partition coefficient (Wildman–Crippen LogP) is 4.75. The third kappa shape index (κ3) is 3.34. The van der Waals surface area contributed by atoms with Crippen molar-refractivity contribution in [2.75, 3.05) is 0 Å². The molecule has 0 saturated heterocycles. The Morgan fingerprint density at radius 3 is 1.41 bits per heavy atom. The van der Waals surface area contributed by atoms with E-state index in [1.54, 1.807) is 0 Å². The zero-order valence-corrected chi connectivity index (χ0v) is 8.46. The average molecular weight is 260 g/mol. The van der Waals surface area contributed by atoms with E-state index in [1.807, 2.05) is 0 Å². The number of alkyl halides is 7. The van der Waals surface area contributed by atoms with Crippen molar-refractivity contribution in [1.82, 2.24) is 0 Å². The van der Waals surface area contributed by atoms with Crippen LogP contribution in [0.3, 0.4) is 0 Å². The highest BCUT2D eigenvalue weighted by Gasteiger charge is 2.37. The molecule has 96 valence electrons. The van der Waals surface area contributed by atoms with E-state index in [2.05, 4.69) is 0 Å². The second kappa shape index (κ2) is 4.19. The van der Waals surface area contributed by atoms with Crippen LogP contribution in [0.4, 0.5) is 30.7 Å². The Kier molecular flexibility index (Phi) is 3.40. The van der Waals surface area contributed by atoms with E-state index in [9.17, 15) is 30.7 Å². The summed E-state index contributed by atoms with van der Waals surface area (Å²) in [5, 5.41) is 0. The molecule has 7 heteroatoms. The lowest BCUT2D eigenvalue weighted by Crippen LogP contribution is -2.12. The SMILES string of the molecule is CC(F)c1cc(C(F)(F)F)cc(C(F)(F)F)c1. The molecular formula is C10H7F7. The second-order valence-corrected chi connectivity index (χ2v) is 3.46. The molecule has 0 saturated carbocycles. The number of hydrogen-bond donors (Lipinski definition) is 0. The lowest BCUT2D eigenvalue weighted by Gasteiger charge is -2.14. The summed E-state index contributed by atoms with van der Waals surface area (Å²) in [6.45, 7) is 0.871. The Morgan fingerprint density at radius 2 is 1.18 bits per heavy atom. The molecule has 0 heterocycles. The van der Waals surface area contributed by atoms with Crippen LogP contribution >= 0.6 is 0 Å². The Balaban J connectivity index is 3.40. The molecule has 0 aromatic heterocycles. The van der Waals surface area contributed by atoms with Gasteiger partial charge in [-0.3, -0.25) is 0 Å². The van der Waals surface area contributed by atoms with Gasteiger partial charge in [0, 0.05) is 0 Å². The lowest BCUT2D eigenvalue weighted by atomic mass is 10.0. The zero-order valence-electron chi connectivity index (χ0n) is 8.46. The first kappa shape index (κ1) is 13.8. The van der Waals surface area contributed by atoms with Gasteiger partial charge >= 0.3 is 12.4 Å². The molecule has 1 atom stereocenters. The van der Waals surface area contributed by atoms with E-state index in [0.717, 1.165) is 6.92 Å². The van der Waals surface area contributed by atoms with E-state index in [0.29, 0.717) is 12.1 Å². The summed E-state index contributed by atoms with van der Waals surface area (Å²) in [4.78, 5) is 0. The molecule has 0 bridgehead atoms. The maximum absolute atomic E-state index is 12.8. The van der Waals surface area contributed by atoms with E-state index >= 15 is 0 Å². The average Bonchev–Trinajstić information content (AvgIpc) is 2.14. The first-order valence-electron chi connectivity index (χ1n) is 4.45. The number of hydrogen-bond acceptors (Lipinski definition) is 0. The normalized spacial score (nSPS) is 14.8. The second-order valence-electron chi connectivity index (χ2n) is 3.46. The largest absolute Gasteiger partial charge is 0.416 e. The topological polar surface area (TPSA) is 0 Å². The van der Waals surface area contributed by atoms with Crippen molar-refractivity contribution in [3.63, 3.8) is 0 Å². The third-order valence-corrected chi connectivity index (χ3v) is 2.07. The third-order valence-electron chi connectivity index (χ3n) is 2.07. The molecule has 1 aromatic carbocycles. The fraction of sp³-hybridized carbons (Fsp3) is 0.400. The van der Waals surface area contributed by atoms with Gasteiger partial charge in [-0.05, 0) is 30.7 Å². The van der Waals surface area contributed by atoms with Crippen molar-refractivity contribution in [2.24, 2.45) is 0 Å². The van der Waals surface area contributed by atoms with Gasteiger partial charge in [0.05, 0.1) is 11.1 Å². The maximum atomic E-state index is 12.8. The highest BCUT2D eigenvalue weighted by molar-refractivity contribution is 5.34. The summed E-state index contributed by atoms with van der Waals surface area (Å²) in [5.74, 6) is 0. The molecule has 1 rings (SSSR count). The Hall–Kier alpha value is -1.27. The van der Waals surface area contributed by atoms with Gasteiger partial charge in [-0.2, -0.15) is 26.3 Å². The van der Waals surface area contributed by atoms with Crippen LogP contribution in [-0.2, 0) is 12.4 Å². The van der Waals surface area contributed by atoms with Gasteiger partial charge in [-0.25, -0.2) is 4.39 Å². The number of benzene rings is 1. The highest BCUT2D eigenvalue weighted by Crippen LogP contribution is 2.37. The van der Waals surface area contributed by atoms with Crippen LogP contribution in [0, 0.1) is 0 Å². The first-order chi connectivity index (χ1) is 7.51. The maximum Gasteiger partial charge on any atom is 0.416 e. The molecule has 0 spiro atoms. The highest BCUT2D eigenvalue weighted by atomic mass is 19.4. The van der Waals surface area contributed by atoms with E-state index in [1.165, 1.54) is 0 Å². The minimum absolute atomic E-state index is 0.0358. The molecule has 0 radical (unpaired) electrons. The molecule has 0 N–H and O–H groups in total. The van der Waals surface area contributed by atoms with Gasteiger partial charge in [-0.15, -0.1) is 0 Å². The van der Waals surface area contributed by atoms with Crippen molar-refractivity contribution in [3.8, 4) is 0 Å². The van der Waals surface area contributed by atoms with Crippen LogP contribution in [0.15, 0.2) is 18.2 Å². The van der Waals surface area contributed by atoms with Crippen LogP contribution in [0.1, 0.15) is 29.8 Å². The van der Waals surface area contributed by atoms with Crippen molar-refractivity contribution in [2.45, 2.75) is 25.4 Å². The van der Waals surface area contributed by atoms with Crippen LogP contribution in [-0.4, -0.2) is 0 Å². The molecule has 17 heavy (non-hydrogen) atoms. The summed E-state index contributed by atoms with van der Waals surface area (Å²) >= 11 is 0. The molecule has 1 aromatic rings. The van der Waals surface area contributed by atoms with E-state index in [4.69, 9.17) is 0 Å². The number of rotatable bonds is 1. The predicted molar refractivity (Wildman–Crippen MR) is 46.0 cm³/mol. The molecule has 0 aliphatic heterocycles. The van der Waals surface area contributed by atoms with E-state index in [-0.39, 0.29) is 6.07 Å². The molecule has 0 aliphatic rings. The van der Waals surface area contributed by atoms with Crippen LogP contribution in [0.5, 0.6) is 0 Å². The molecule has 0 fully saturated rings. The van der Waals surface area contributed by atoms with Crippen molar-refractivity contribution in [3.05, 3.63) is 34.9 Å². The summed E-state index contributed by atoms with van der Waals surface area (Å²) in [5.41, 5.74) is -3.66. The molecule has 0 aliphatic carbocycles. The zero-order chi connectivity index (χ0) is 13.4. The fourth-order valence-corrected chi connectivity index (χ4v) is 1.21. The minimum atomic E-state index is -4.94. The summed E-state index contributed by atoms with van der Waals surface area (Å²) in [7, 11) is 0. The molecule has 0 nitrogen and oxygen atoms in total. The minimum Gasteiger partial charge on any atom is -0.243 e. The van der Waals surface area contributed by atoms with Crippen LogP contribution in [0.2, 0.25) is 0 Å². The van der Waals surface area contributed by atoms with Crippen molar-refractivity contribution < 1.29 is 30.7 Å². The quantitative estimate of drug-likeness (QED) is 0.639. The van der Waals surface area contributed by atoms with Crippen molar-refractivity contribution >= 4 is 0 Å². The van der Waals surface area contributed by atoms with Gasteiger partial charge in [0.2, 0.25) is 0 Å².